The first-order valence-electron chi connectivity index (χ1n) is 5.91. The Hall–Kier alpha value is -1.79. The number of nitrogens with one attached hydrogen (secondary N) is 1. The van der Waals surface area contributed by atoms with Gasteiger partial charge in [-0.1, -0.05) is 6.07 Å². The predicted molar refractivity (Wildman–Crippen MR) is 68.1 cm³/mol. The van der Waals surface area contributed by atoms with Gasteiger partial charge in [-0.25, -0.2) is 13.8 Å². The second-order valence-corrected chi connectivity index (χ2v) is 4.47. The Balaban J connectivity index is 2.38. The van der Waals surface area contributed by atoms with E-state index in [9.17, 15) is 8.78 Å². The molecule has 0 radical (unpaired) electrons. The number of hydrogen-bond acceptors (Lipinski definition) is 3. The quantitative estimate of drug-likeness (QED) is 0.655. The average Bonchev–Trinajstić information content (AvgIpc) is 2.78. The van der Waals surface area contributed by atoms with Crippen LogP contribution in [0.3, 0.4) is 0 Å². The lowest BCUT2D eigenvalue weighted by atomic mass is 10.00. The SMILES string of the molecule is Cc1ccc(F)c(C(Cc2nccn2C)NN)c1F. The molecule has 6 heteroatoms. The van der Waals surface area contributed by atoms with Gasteiger partial charge in [0.15, 0.2) is 0 Å². The van der Waals surface area contributed by atoms with Gasteiger partial charge in [0.05, 0.1) is 6.04 Å². The van der Waals surface area contributed by atoms with E-state index in [0.29, 0.717) is 17.8 Å². The Morgan fingerprint density at radius 1 is 1.42 bits per heavy atom. The van der Waals surface area contributed by atoms with Crippen LogP contribution >= 0.6 is 0 Å². The molecule has 2 rings (SSSR count). The van der Waals surface area contributed by atoms with Gasteiger partial charge >= 0.3 is 0 Å². The van der Waals surface area contributed by atoms with Gasteiger partial charge in [0.25, 0.3) is 0 Å². The number of hydrogen-bond donors (Lipinski definition) is 2. The lowest BCUT2D eigenvalue weighted by molar-refractivity contribution is 0.461. The highest BCUT2D eigenvalue weighted by atomic mass is 19.1. The maximum atomic E-state index is 14.1. The summed E-state index contributed by atoms with van der Waals surface area (Å²) in [5, 5.41) is 0. The fourth-order valence-corrected chi connectivity index (χ4v) is 2.02. The van der Waals surface area contributed by atoms with Gasteiger partial charge in [0.1, 0.15) is 17.5 Å². The van der Waals surface area contributed by atoms with Gasteiger partial charge < -0.3 is 4.57 Å². The van der Waals surface area contributed by atoms with Gasteiger partial charge in [0, 0.05) is 31.4 Å². The van der Waals surface area contributed by atoms with E-state index >= 15 is 0 Å². The number of benzene rings is 1. The van der Waals surface area contributed by atoms with Crippen molar-refractivity contribution in [3.8, 4) is 0 Å². The molecule has 0 aliphatic carbocycles. The lowest BCUT2D eigenvalue weighted by Gasteiger charge is -2.18. The molecule has 0 saturated carbocycles. The van der Waals surface area contributed by atoms with Crippen LogP contribution in [0.5, 0.6) is 0 Å². The standard InChI is InChI=1S/C13H16F2N4/c1-8-3-4-9(14)12(13(8)15)10(18-16)7-11-17-5-6-19(11)2/h3-6,10,18H,7,16H2,1-2H3. The highest BCUT2D eigenvalue weighted by molar-refractivity contribution is 5.29. The second-order valence-electron chi connectivity index (χ2n) is 4.47. The first-order chi connectivity index (χ1) is 9.04. The molecular weight excluding hydrogens is 250 g/mol. The van der Waals surface area contributed by atoms with Gasteiger partial charge in [-0.15, -0.1) is 0 Å². The number of aromatic nitrogens is 2. The fourth-order valence-electron chi connectivity index (χ4n) is 2.02. The Bertz CT molecular complexity index is 580. The van der Waals surface area contributed by atoms with Crippen molar-refractivity contribution in [2.24, 2.45) is 12.9 Å². The van der Waals surface area contributed by atoms with Crippen LogP contribution in [0.4, 0.5) is 8.78 Å². The molecule has 0 fully saturated rings. The molecule has 19 heavy (non-hydrogen) atoms. The van der Waals surface area contributed by atoms with Crippen molar-refractivity contribution in [1.82, 2.24) is 15.0 Å². The number of imidazole rings is 1. The minimum absolute atomic E-state index is 0.0505. The van der Waals surface area contributed by atoms with Crippen LogP contribution in [0.1, 0.15) is 23.0 Å². The van der Waals surface area contributed by atoms with Crippen molar-refractivity contribution >= 4 is 0 Å². The van der Waals surface area contributed by atoms with Crippen molar-refractivity contribution in [2.75, 3.05) is 0 Å². The Labute approximate surface area is 110 Å². The number of nitrogens with zero attached hydrogens (tertiary/aromatic N) is 2. The van der Waals surface area contributed by atoms with Crippen LogP contribution in [0.25, 0.3) is 0 Å². The largest absolute Gasteiger partial charge is 0.338 e. The highest BCUT2D eigenvalue weighted by Gasteiger charge is 2.22. The highest BCUT2D eigenvalue weighted by Crippen LogP contribution is 2.25. The van der Waals surface area contributed by atoms with Crippen molar-refractivity contribution in [2.45, 2.75) is 19.4 Å². The number of hydrazine groups is 1. The van der Waals surface area contributed by atoms with Gasteiger partial charge in [0.2, 0.25) is 0 Å². The normalized spacial score (nSPS) is 12.7. The molecule has 0 amide bonds. The number of rotatable bonds is 4. The molecule has 0 aliphatic heterocycles. The molecule has 1 aromatic heterocycles. The summed E-state index contributed by atoms with van der Waals surface area (Å²) >= 11 is 0. The predicted octanol–water partition coefficient (Wildman–Crippen LogP) is 1.75. The summed E-state index contributed by atoms with van der Waals surface area (Å²) in [6.07, 6.45) is 3.70. The molecular formula is C13H16F2N4. The lowest BCUT2D eigenvalue weighted by Crippen LogP contribution is -2.32. The van der Waals surface area contributed by atoms with Crippen LogP contribution in [-0.4, -0.2) is 9.55 Å². The summed E-state index contributed by atoms with van der Waals surface area (Å²) in [7, 11) is 1.82. The van der Waals surface area contributed by atoms with Crippen LogP contribution in [0.15, 0.2) is 24.5 Å². The molecule has 1 atom stereocenters. The fraction of sp³-hybridized carbons (Fsp3) is 0.308. The molecule has 0 spiro atoms. The smallest absolute Gasteiger partial charge is 0.133 e. The minimum Gasteiger partial charge on any atom is -0.338 e. The van der Waals surface area contributed by atoms with Crippen molar-refractivity contribution < 1.29 is 8.78 Å². The molecule has 0 saturated heterocycles. The third-order valence-electron chi connectivity index (χ3n) is 3.18. The van der Waals surface area contributed by atoms with E-state index in [2.05, 4.69) is 10.4 Å². The van der Waals surface area contributed by atoms with E-state index in [4.69, 9.17) is 5.84 Å². The van der Waals surface area contributed by atoms with Gasteiger partial charge in [-0.2, -0.15) is 0 Å². The maximum absolute atomic E-state index is 14.1. The van der Waals surface area contributed by atoms with Crippen LogP contribution < -0.4 is 11.3 Å². The second kappa shape index (κ2) is 5.46. The Morgan fingerprint density at radius 3 is 2.74 bits per heavy atom. The average molecular weight is 266 g/mol. The van der Waals surface area contributed by atoms with Crippen molar-refractivity contribution in [1.29, 1.82) is 0 Å². The van der Waals surface area contributed by atoms with Crippen molar-refractivity contribution in [3.63, 3.8) is 0 Å². The summed E-state index contributed by atoms with van der Waals surface area (Å²) < 4.78 is 29.7. The Morgan fingerprint density at radius 2 is 2.16 bits per heavy atom. The number of halogens is 2. The minimum atomic E-state index is -0.666. The number of nitrogens with two attached hydrogens (primary N) is 1. The molecule has 1 heterocycles. The molecule has 0 aliphatic rings. The first kappa shape index (κ1) is 13.6. The summed E-state index contributed by atoms with van der Waals surface area (Å²) in [4.78, 5) is 4.13. The van der Waals surface area contributed by atoms with E-state index in [1.165, 1.54) is 12.1 Å². The summed E-state index contributed by atoms with van der Waals surface area (Å²) in [6.45, 7) is 1.59. The molecule has 3 N–H and O–H groups in total. The Kier molecular flexibility index (Phi) is 3.92. The van der Waals surface area contributed by atoms with Crippen LogP contribution in [-0.2, 0) is 13.5 Å². The van der Waals surface area contributed by atoms with Gasteiger partial charge in [-0.3, -0.25) is 11.3 Å². The summed E-state index contributed by atoms with van der Waals surface area (Å²) in [5.74, 6) is 4.95. The molecule has 0 bridgehead atoms. The third kappa shape index (κ3) is 2.64. The van der Waals surface area contributed by atoms with E-state index in [1.54, 1.807) is 23.9 Å². The first-order valence-corrected chi connectivity index (χ1v) is 5.91. The van der Waals surface area contributed by atoms with Gasteiger partial charge in [-0.05, 0) is 18.6 Å². The molecule has 102 valence electrons. The zero-order valence-corrected chi connectivity index (χ0v) is 10.8. The molecule has 1 unspecified atom stereocenters. The number of aryl methyl sites for hydroxylation is 2. The van der Waals surface area contributed by atoms with E-state index in [1.807, 2.05) is 7.05 Å². The topological polar surface area (TPSA) is 55.9 Å². The summed E-state index contributed by atoms with van der Waals surface area (Å²) in [6, 6.07) is 1.99. The summed E-state index contributed by atoms with van der Waals surface area (Å²) in [5.41, 5.74) is 2.79. The monoisotopic (exact) mass is 266 g/mol. The zero-order valence-electron chi connectivity index (χ0n) is 10.8. The van der Waals surface area contributed by atoms with E-state index < -0.39 is 17.7 Å². The maximum Gasteiger partial charge on any atom is 0.133 e. The van der Waals surface area contributed by atoms with Crippen LogP contribution in [0.2, 0.25) is 0 Å². The van der Waals surface area contributed by atoms with Crippen molar-refractivity contribution in [3.05, 3.63) is 53.1 Å². The molecule has 2 aromatic rings. The molecule has 4 nitrogen and oxygen atoms in total. The molecule has 1 aromatic carbocycles. The third-order valence-corrected chi connectivity index (χ3v) is 3.18. The zero-order chi connectivity index (χ0) is 14.0. The van der Waals surface area contributed by atoms with Crippen LogP contribution in [0, 0.1) is 18.6 Å². The van der Waals surface area contributed by atoms with E-state index in [-0.39, 0.29) is 5.56 Å². The van der Waals surface area contributed by atoms with E-state index in [0.717, 1.165) is 0 Å².